The fourth-order valence-corrected chi connectivity index (χ4v) is 2.21. The maximum absolute atomic E-state index is 9.06. The molecule has 0 amide bonds. The molecule has 0 spiro atoms. The Morgan fingerprint density at radius 1 is 1.61 bits per heavy atom. The van der Waals surface area contributed by atoms with Crippen LogP contribution >= 0.6 is 0 Å². The normalized spacial score (nSPS) is 26.8. The smallest absolute Gasteiger partial charge is 0.103 e. The van der Waals surface area contributed by atoms with Gasteiger partial charge in [-0.25, -0.2) is 0 Å². The van der Waals surface area contributed by atoms with Crippen LogP contribution in [0.1, 0.15) is 26.2 Å². The SMILES string of the molecule is C=C1CCC(CC2=C=CC=CC(C#N)C(C)=C2)O1. The molecular weight excluding hydrogens is 222 g/mol. The van der Waals surface area contributed by atoms with E-state index >= 15 is 0 Å². The van der Waals surface area contributed by atoms with Gasteiger partial charge in [0.15, 0.2) is 0 Å². The molecule has 1 aliphatic carbocycles. The Morgan fingerprint density at radius 2 is 2.44 bits per heavy atom. The summed E-state index contributed by atoms with van der Waals surface area (Å²) in [7, 11) is 0. The van der Waals surface area contributed by atoms with Gasteiger partial charge < -0.3 is 4.74 Å². The van der Waals surface area contributed by atoms with Crippen LogP contribution in [0.25, 0.3) is 0 Å². The first-order valence-corrected chi connectivity index (χ1v) is 6.23. The van der Waals surface area contributed by atoms with E-state index in [4.69, 9.17) is 10.00 Å². The molecule has 2 heteroatoms. The molecule has 0 N–H and O–H groups in total. The Hall–Kier alpha value is -1.97. The van der Waals surface area contributed by atoms with E-state index in [-0.39, 0.29) is 12.0 Å². The molecule has 1 heterocycles. The number of nitriles is 1. The van der Waals surface area contributed by atoms with E-state index in [1.165, 1.54) is 0 Å². The lowest BCUT2D eigenvalue weighted by Gasteiger charge is -2.12. The molecule has 0 radical (unpaired) electrons. The summed E-state index contributed by atoms with van der Waals surface area (Å²) in [6, 6.07) is 2.28. The van der Waals surface area contributed by atoms with Crippen LogP contribution in [0.3, 0.4) is 0 Å². The lowest BCUT2D eigenvalue weighted by Crippen LogP contribution is -2.05. The quantitative estimate of drug-likeness (QED) is 0.686. The van der Waals surface area contributed by atoms with Crippen LogP contribution in [0.4, 0.5) is 0 Å². The van der Waals surface area contributed by atoms with Gasteiger partial charge in [0.1, 0.15) is 6.10 Å². The molecule has 0 aromatic rings. The molecule has 0 bridgehead atoms. The second kappa shape index (κ2) is 5.58. The summed E-state index contributed by atoms with van der Waals surface area (Å²) >= 11 is 0. The van der Waals surface area contributed by atoms with E-state index in [9.17, 15) is 0 Å². The highest BCUT2D eigenvalue weighted by Gasteiger charge is 2.20. The third-order valence-corrected chi connectivity index (χ3v) is 3.23. The minimum Gasteiger partial charge on any atom is -0.495 e. The molecule has 1 fully saturated rings. The van der Waals surface area contributed by atoms with Gasteiger partial charge in [0.2, 0.25) is 0 Å². The zero-order valence-corrected chi connectivity index (χ0v) is 10.6. The van der Waals surface area contributed by atoms with Gasteiger partial charge in [-0.15, -0.1) is 5.73 Å². The zero-order chi connectivity index (χ0) is 13.0. The van der Waals surface area contributed by atoms with Crippen molar-refractivity contribution in [3.8, 4) is 6.07 Å². The Labute approximate surface area is 108 Å². The van der Waals surface area contributed by atoms with Crippen molar-refractivity contribution < 1.29 is 4.74 Å². The monoisotopic (exact) mass is 239 g/mol. The minimum atomic E-state index is -0.141. The van der Waals surface area contributed by atoms with E-state index in [2.05, 4.69) is 24.5 Å². The van der Waals surface area contributed by atoms with E-state index in [0.717, 1.165) is 36.2 Å². The van der Waals surface area contributed by atoms with Crippen LogP contribution in [0, 0.1) is 17.2 Å². The van der Waals surface area contributed by atoms with Crippen molar-refractivity contribution in [3.63, 3.8) is 0 Å². The molecule has 2 unspecified atom stereocenters. The fraction of sp³-hybridized carbons (Fsp3) is 0.375. The van der Waals surface area contributed by atoms with Crippen molar-refractivity contribution in [2.45, 2.75) is 32.3 Å². The van der Waals surface area contributed by atoms with Gasteiger partial charge >= 0.3 is 0 Å². The standard InChI is InChI=1S/C16H17NO/c1-12-9-14(5-3-4-6-15(12)11-17)10-16-8-7-13(2)18-16/h3-4,6,9,15-16H,2,7-8,10H2,1H3. The molecule has 2 nitrogen and oxygen atoms in total. The predicted octanol–water partition coefficient (Wildman–Crippen LogP) is 3.81. The van der Waals surface area contributed by atoms with Crippen molar-refractivity contribution in [1.82, 2.24) is 0 Å². The molecular formula is C16H17NO. The summed E-state index contributed by atoms with van der Waals surface area (Å²) in [4.78, 5) is 0. The number of nitrogens with zero attached hydrogens (tertiary/aromatic N) is 1. The van der Waals surface area contributed by atoms with Crippen LogP contribution in [0.2, 0.25) is 0 Å². The maximum Gasteiger partial charge on any atom is 0.103 e. The van der Waals surface area contributed by atoms with Crippen LogP contribution in [0.5, 0.6) is 0 Å². The molecule has 2 atom stereocenters. The van der Waals surface area contributed by atoms with Gasteiger partial charge in [0.25, 0.3) is 0 Å². The molecule has 1 saturated heterocycles. The number of hydrogen-bond donors (Lipinski definition) is 0. The highest BCUT2D eigenvalue weighted by molar-refractivity contribution is 5.33. The van der Waals surface area contributed by atoms with Crippen molar-refractivity contribution in [2.75, 3.05) is 0 Å². The predicted molar refractivity (Wildman–Crippen MR) is 71.5 cm³/mol. The average Bonchev–Trinajstić information content (AvgIpc) is 2.72. The van der Waals surface area contributed by atoms with E-state index < -0.39 is 0 Å². The number of allylic oxidation sites excluding steroid dienone is 5. The van der Waals surface area contributed by atoms with Gasteiger partial charge in [-0.3, -0.25) is 0 Å². The molecule has 1 aliphatic heterocycles. The first-order chi connectivity index (χ1) is 8.69. The highest BCUT2D eigenvalue weighted by Crippen LogP contribution is 2.27. The topological polar surface area (TPSA) is 33.0 Å². The summed E-state index contributed by atoms with van der Waals surface area (Å²) < 4.78 is 5.64. The summed E-state index contributed by atoms with van der Waals surface area (Å²) in [6.07, 6.45) is 10.7. The first-order valence-electron chi connectivity index (χ1n) is 6.23. The number of ether oxygens (including phenoxy) is 1. The van der Waals surface area contributed by atoms with E-state index in [0.29, 0.717) is 0 Å². The fourth-order valence-electron chi connectivity index (χ4n) is 2.21. The number of hydrogen-bond acceptors (Lipinski definition) is 2. The van der Waals surface area contributed by atoms with Crippen molar-refractivity contribution in [2.24, 2.45) is 5.92 Å². The van der Waals surface area contributed by atoms with E-state index in [1.807, 2.05) is 25.2 Å². The van der Waals surface area contributed by atoms with Crippen LogP contribution in [-0.4, -0.2) is 6.10 Å². The maximum atomic E-state index is 9.06. The summed E-state index contributed by atoms with van der Waals surface area (Å²) in [5.41, 5.74) is 5.40. The molecule has 0 saturated carbocycles. The minimum absolute atomic E-state index is 0.141. The Kier molecular flexibility index (Phi) is 3.87. The van der Waals surface area contributed by atoms with Gasteiger partial charge in [-0.2, -0.15) is 5.26 Å². The second-order valence-electron chi connectivity index (χ2n) is 4.74. The summed E-state index contributed by atoms with van der Waals surface area (Å²) in [6.45, 7) is 5.83. The average molecular weight is 239 g/mol. The molecule has 2 rings (SSSR count). The molecule has 0 aromatic carbocycles. The van der Waals surface area contributed by atoms with Gasteiger partial charge in [-0.05, 0) is 25.0 Å². The molecule has 0 aromatic heterocycles. The van der Waals surface area contributed by atoms with Gasteiger partial charge in [0.05, 0.1) is 17.7 Å². The molecule has 18 heavy (non-hydrogen) atoms. The lowest BCUT2D eigenvalue weighted by atomic mass is 9.95. The Balaban J connectivity index is 2.14. The third kappa shape index (κ3) is 3.03. The first kappa shape index (κ1) is 12.5. The highest BCUT2D eigenvalue weighted by atomic mass is 16.5. The summed E-state index contributed by atoms with van der Waals surface area (Å²) in [5, 5.41) is 9.06. The Bertz CT molecular complexity index is 510. The van der Waals surface area contributed by atoms with E-state index in [1.54, 1.807) is 0 Å². The summed E-state index contributed by atoms with van der Waals surface area (Å²) in [5.74, 6) is 0.740. The van der Waals surface area contributed by atoms with Gasteiger partial charge in [-0.1, -0.05) is 30.4 Å². The molecule has 2 aliphatic rings. The van der Waals surface area contributed by atoms with Crippen molar-refractivity contribution >= 4 is 0 Å². The van der Waals surface area contributed by atoms with Crippen LogP contribution in [-0.2, 0) is 4.74 Å². The Morgan fingerprint density at radius 3 is 3.11 bits per heavy atom. The van der Waals surface area contributed by atoms with Crippen molar-refractivity contribution in [3.05, 3.63) is 53.5 Å². The largest absolute Gasteiger partial charge is 0.495 e. The number of rotatable bonds is 2. The zero-order valence-electron chi connectivity index (χ0n) is 10.6. The van der Waals surface area contributed by atoms with Gasteiger partial charge in [0, 0.05) is 12.8 Å². The van der Waals surface area contributed by atoms with Crippen LogP contribution < -0.4 is 0 Å². The third-order valence-electron chi connectivity index (χ3n) is 3.23. The molecule has 92 valence electrons. The lowest BCUT2D eigenvalue weighted by molar-refractivity contribution is 0.162. The van der Waals surface area contributed by atoms with Crippen LogP contribution in [0.15, 0.2) is 53.5 Å². The van der Waals surface area contributed by atoms with Crippen molar-refractivity contribution in [1.29, 1.82) is 5.26 Å². The second-order valence-corrected chi connectivity index (χ2v) is 4.74.